The third kappa shape index (κ3) is 89.0. The van der Waals surface area contributed by atoms with E-state index in [9.17, 15) is 0 Å². The fourth-order valence-corrected chi connectivity index (χ4v) is 0. The molecule has 0 bridgehead atoms. The second-order valence-electron chi connectivity index (χ2n) is 0. The second-order valence-corrected chi connectivity index (χ2v) is 0. The minimum atomic E-state index is 0. The van der Waals surface area contributed by atoms with Crippen molar-refractivity contribution in [3.63, 3.8) is 0 Å². The zero-order chi connectivity index (χ0) is 2.00. The normalized spacial score (nSPS) is 0.286. The fourth-order valence-electron chi connectivity index (χ4n) is 0. The molecule has 14 heavy (non-hydrogen) atoms. The van der Waals surface area contributed by atoms with Gasteiger partial charge in [0.1, 0.15) is 0 Å². The van der Waals surface area contributed by atoms with Gasteiger partial charge in [0.15, 0.2) is 0 Å². The van der Waals surface area contributed by atoms with E-state index in [2.05, 4.69) is 6.79 Å². The van der Waals surface area contributed by atoms with Gasteiger partial charge in [0, 0.05) is 360 Å². The molecule has 11 radical (unpaired) electrons. The summed E-state index contributed by atoms with van der Waals surface area (Å²) < 4.78 is 0. The van der Waals surface area contributed by atoms with E-state index in [0.29, 0.717) is 0 Å². The molecule has 0 rings (SSSR count). The van der Waals surface area contributed by atoms with Crippen LogP contribution in [-0.2, 0) is 365 Å². The van der Waals surface area contributed by atoms with E-state index in [4.69, 9.17) is 4.79 Å². The van der Waals surface area contributed by atoms with Gasteiger partial charge in [-0.1, -0.05) is 0 Å². The Morgan fingerprint density at radius 3 is 0.357 bits per heavy atom. The van der Waals surface area contributed by atoms with Crippen molar-refractivity contribution in [2.45, 2.75) is 0 Å². The SMILES string of the molecule is O.[CH-]=O.[Y].[Y].[Y].[Y].[Y].[Y].[Y].[Y].[Y].[Y].[Y]. The summed E-state index contributed by atoms with van der Waals surface area (Å²) in [5, 5.41) is 0. The summed E-state index contributed by atoms with van der Waals surface area (Å²) in [5.74, 6) is 0. The summed E-state index contributed by atoms with van der Waals surface area (Å²) in [7, 11) is 0. The maximum atomic E-state index is 7.75. The van der Waals surface area contributed by atoms with E-state index in [1.54, 1.807) is 0 Å². The molecule has 0 unspecified atom stereocenters. The van der Waals surface area contributed by atoms with Gasteiger partial charge >= 0.3 is 0 Å². The largest absolute Gasteiger partial charge is 0.545 e. The molecule has 0 aliphatic rings. The third-order valence-electron chi connectivity index (χ3n) is 0. The van der Waals surface area contributed by atoms with Crippen LogP contribution < -0.4 is 0 Å². The number of hydrogen-bond donors (Lipinski definition) is 0. The van der Waals surface area contributed by atoms with Gasteiger partial charge in [-0.05, 0) is 0 Å². The number of rotatable bonds is 0. The molecule has 0 aromatic heterocycles. The van der Waals surface area contributed by atoms with E-state index >= 15 is 0 Å². The topological polar surface area (TPSA) is 48.6 Å². The first-order valence-corrected chi connectivity index (χ1v) is 0.236. The van der Waals surface area contributed by atoms with Gasteiger partial charge in [0.05, 0.1) is 0 Å². The Morgan fingerprint density at radius 2 is 0.357 bits per heavy atom. The summed E-state index contributed by atoms with van der Waals surface area (Å²) in [6, 6.07) is 0. The van der Waals surface area contributed by atoms with Crippen LogP contribution in [0.2, 0.25) is 0 Å². The third-order valence-corrected chi connectivity index (χ3v) is 0. The Balaban J connectivity index is -0.0000000000758. The van der Waals surface area contributed by atoms with E-state index in [1.165, 1.54) is 0 Å². The van der Waals surface area contributed by atoms with Crippen LogP contribution in [0.25, 0.3) is 0 Å². The zero-order valence-corrected chi connectivity index (χ0v) is 39.1. The van der Waals surface area contributed by atoms with Crippen molar-refractivity contribution in [2.24, 2.45) is 0 Å². The van der Waals surface area contributed by atoms with Gasteiger partial charge in [0.25, 0.3) is 0 Å². The number of hydrogen-bond acceptors (Lipinski definition) is 1. The van der Waals surface area contributed by atoms with Crippen molar-refractivity contribution in [1.82, 2.24) is 0 Å². The van der Waals surface area contributed by atoms with Crippen LogP contribution in [0.15, 0.2) is 0 Å². The van der Waals surface area contributed by atoms with Crippen LogP contribution in [0.3, 0.4) is 0 Å². The quantitative estimate of drug-likeness (QED) is 0.225. The van der Waals surface area contributed by atoms with Gasteiger partial charge in [-0.3, -0.25) is 6.79 Å². The molecule has 0 aromatic rings. The fraction of sp³-hybridized carbons (Fsp3) is 0. The molecule has 2 N–H and O–H groups in total. The predicted molar refractivity (Wildman–Crippen MR) is 10.4 cm³/mol. The van der Waals surface area contributed by atoms with Crippen molar-refractivity contribution in [2.75, 3.05) is 0 Å². The van der Waals surface area contributed by atoms with E-state index in [-0.39, 0.29) is 365 Å². The summed E-state index contributed by atoms with van der Waals surface area (Å²) in [6.07, 6.45) is 0. The molecule has 2 nitrogen and oxygen atoms in total. The minimum Gasteiger partial charge on any atom is -0.545 e. The van der Waals surface area contributed by atoms with E-state index in [1.807, 2.05) is 0 Å². The molecule has 0 spiro atoms. The molecular weight excluding hydrogens is 1020 g/mol. The molecule has 0 saturated carbocycles. The van der Waals surface area contributed by atoms with Gasteiger partial charge < -0.3 is 10.3 Å². The molecular formula is CH3O2Y11-. The van der Waals surface area contributed by atoms with Crippen LogP contribution in [-0.4, -0.2) is 12.3 Å². The van der Waals surface area contributed by atoms with Gasteiger partial charge in [-0.2, -0.15) is 0 Å². The van der Waals surface area contributed by atoms with Crippen molar-refractivity contribution in [1.29, 1.82) is 0 Å². The monoisotopic (exact) mass is 1020 g/mol. The maximum Gasteiger partial charge on any atom is 0 e. The van der Waals surface area contributed by atoms with Crippen LogP contribution in [0.4, 0.5) is 0 Å². The van der Waals surface area contributed by atoms with Gasteiger partial charge in [-0.15, -0.1) is 0 Å². The molecule has 53 valence electrons. The zero-order valence-electron chi connectivity index (χ0n) is 7.84. The second kappa shape index (κ2) is 101. The average Bonchev–Trinajstić information content (AvgIpc) is 1.00. The van der Waals surface area contributed by atoms with Crippen molar-refractivity contribution in [3.05, 3.63) is 0 Å². The molecule has 0 fully saturated rings. The van der Waals surface area contributed by atoms with Gasteiger partial charge in [-0.25, -0.2) is 0 Å². The Labute approximate surface area is 364 Å². The van der Waals surface area contributed by atoms with Crippen LogP contribution in [0, 0.1) is 0 Å². The molecule has 0 saturated heterocycles. The molecule has 0 amide bonds. The van der Waals surface area contributed by atoms with Crippen molar-refractivity contribution < 1.29 is 370 Å². The van der Waals surface area contributed by atoms with E-state index < -0.39 is 0 Å². The van der Waals surface area contributed by atoms with Gasteiger partial charge in [0.2, 0.25) is 0 Å². The first-order valence-electron chi connectivity index (χ1n) is 0.236. The smallest absolute Gasteiger partial charge is 0 e. The first-order chi connectivity index (χ1) is 1.00. The predicted octanol–water partition coefficient (Wildman–Crippen LogP) is -1.13. The minimum absolute atomic E-state index is 0. The van der Waals surface area contributed by atoms with Crippen molar-refractivity contribution in [3.8, 4) is 0 Å². The van der Waals surface area contributed by atoms with Crippen LogP contribution >= 0.6 is 0 Å². The summed E-state index contributed by atoms with van der Waals surface area (Å²) in [5.41, 5.74) is 0. The summed E-state index contributed by atoms with van der Waals surface area (Å²) in [4.78, 5) is 7.75. The molecule has 13 heteroatoms. The molecule has 0 aliphatic heterocycles. The van der Waals surface area contributed by atoms with Crippen molar-refractivity contribution >= 4 is 6.79 Å². The molecule has 0 heterocycles. The Bertz CT molecular complexity index is 13.2. The Morgan fingerprint density at radius 1 is 0.357 bits per heavy atom. The Hall–Kier alpha value is 11.8. The average molecular weight is 1020 g/mol. The summed E-state index contributed by atoms with van der Waals surface area (Å²) in [6.45, 7) is 3.25. The standard InChI is InChI=1S/CHO.H2O.11Y/c1-2;;;;;;;;;;;;/h1H;1H2;;;;;;;;;;;/q-1;;;;;;;;;;;;. The maximum absolute atomic E-state index is 7.75. The van der Waals surface area contributed by atoms with Crippen LogP contribution in [0.1, 0.15) is 0 Å². The molecule has 0 aliphatic carbocycles. The first kappa shape index (κ1) is 96.9. The summed E-state index contributed by atoms with van der Waals surface area (Å²) >= 11 is 0. The number of carbonyl (C=O) groups excluding carboxylic acids is 1. The molecule has 0 atom stereocenters. The van der Waals surface area contributed by atoms with Crippen LogP contribution in [0.5, 0.6) is 0 Å². The van der Waals surface area contributed by atoms with E-state index in [0.717, 1.165) is 0 Å². The Kier molecular flexibility index (Phi) is 699. The molecule has 0 aromatic carbocycles.